The fraction of sp³-hybridized carbons (Fsp3) is 1.00. The minimum Gasteiger partial charge on any atom is -0.329 e. The van der Waals surface area contributed by atoms with E-state index in [9.17, 15) is 8.42 Å². The molecule has 0 radical (unpaired) electrons. The van der Waals surface area contributed by atoms with Crippen LogP contribution in [0.1, 0.15) is 47.5 Å². The molecule has 0 bridgehead atoms. The van der Waals surface area contributed by atoms with Gasteiger partial charge in [0.05, 0.1) is 5.75 Å². The zero-order chi connectivity index (χ0) is 13.0. The van der Waals surface area contributed by atoms with Gasteiger partial charge in [-0.15, -0.1) is 0 Å². The smallest absolute Gasteiger partial charge is 0.212 e. The summed E-state index contributed by atoms with van der Waals surface area (Å²) < 4.78 is 26.7. The van der Waals surface area contributed by atoms with Gasteiger partial charge in [0.25, 0.3) is 0 Å². The largest absolute Gasteiger partial charge is 0.329 e. The molecule has 0 amide bonds. The van der Waals surface area contributed by atoms with E-state index in [0.717, 1.165) is 0 Å². The Morgan fingerprint density at radius 2 is 1.56 bits per heavy atom. The lowest BCUT2D eigenvalue weighted by Gasteiger charge is -2.32. The number of nitrogens with two attached hydrogens (primary N) is 1. The fourth-order valence-electron chi connectivity index (χ4n) is 1.66. The van der Waals surface area contributed by atoms with Crippen molar-refractivity contribution in [3.05, 3.63) is 0 Å². The molecular weight excluding hydrogens is 224 g/mol. The molecule has 4 nitrogen and oxygen atoms in total. The predicted octanol–water partition coefficient (Wildman–Crippen LogP) is 1.47. The van der Waals surface area contributed by atoms with Crippen LogP contribution in [-0.2, 0) is 10.0 Å². The first-order valence-corrected chi connectivity index (χ1v) is 7.47. The van der Waals surface area contributed by atoms with Crippen LogP contribution in [0.25, 0.3) is 0 Å². The molecule has 0 heterocycles. The lowest BCUT2D eigenvalue weighted by Crippen LogP contribution is -2.54. The first-order valence-electron chi connectivity index (χ1n) is 5.81. The summed E-state index contributed by atoms with van der Waals surface area (Å²) in [6.45, 7) is 9.98. The minimum absolute atomic E-state index is 0.127. The highest BCUT2D eigenvalue weighted by molar-refractivity contribution is 7.89. The maximum absolute atomic E-state index is 12.0. The van der Waals surface area contributed by atoms with Crippen LogP contribution in [0.5, 0.6) is 0 Å². The van der Waals surface area contributed by atoms with Crippen LogP contribution in [0.4, 0.5) is 0 Å². The average molecular weight is 250 g/mol. The van der Waals surface area contributed by atoms with E-state index in [2.05, 4.69) is 4.72 Å². The van der Waals surface area contributed by atoms with E-state index < -0.39 is 15.6 Å². The van der Waals surface area contributed by atoms with Gasteiger partial charge in [-0.2, -0.15) is 0 Å². The van der Waals surface area contributed by atoms with Gasteiger partial charge in [-0.25, -0.2) is 13.1 Å². The van der Waals surface area contributed by atoms with E-state index >= 15 is 0 Å². The summed E-state index contributed by atoms with van der Waals surface area (Å²) >= 11 is 0. The quantitative estimate of drug-likeness (QED) is 0.750. The predicted molar refractivity (Wildman–Crippen MR) is 68.7 cm³/mol. The minimum atomic E-state index is -3.26. The monoisotopic (exact) mass is 250 g/mol. The van der Waals surface area contributed by atoms with Gasteiger partial charge in [0.2, 0.25) is 10.0 Å². The van der Waals surface area contributed by atoms with Crippen molar-refractivity contribution >= 4 is 10.0 Å². The highest BCUT2D eigenvalue weighted by atomic mass is 32.2. The van der Waals surface area contributed by atoms with Crippen molar-refractivity contribution in [3.8, 4) is 0 Å². The summed E-state index contributed by atoms with van der Waals surface area (Å²) in [5, 5.41) is 0. The van der Waals surface area contributed by atoms with Crippen molar-refractivity contribution in [1.29, 1.82) is 0 Å². The van der Waals surface area contributed by atoms with Crippen molar-refractivity contribution in [1.82, 2.24) is 4.72 Å². The summed E-state index contributed by atoms with van der Waals surface area (Å²) in [4.78, 5) is 0. The van der Waals surface area contributed by atoms with Crippen molar-refractivity contribution < 1.29 is 8.42 Å². The molecule has 0 saturated heterocycles. The van der Waals surface area contributed by atoms with Gasteiger partial charge in [-0.3, -0.25) is 0 Å². The van der Waals surface area contributed by atoms with Crippen LogP contribution in [0.2, 0.25) is 0 Å². The lowest BCUT2D eigenvalue weighted by atomic mass is 9.95. The molecule has 0 saturated carbocycles. The van der Waals surface area contributed by atoms with Crippen LogP contribution in [-0.4, -0.2) is 26.3 Å². The second-order valence-corrected chi connectivity index (χ2v) is 7.34. The van der Waals surface area contributed by atoms with Crippen molar-refractivity contribution in [2.24, 2.45) is 11.1 Å². The summed E-state index contributed by atoms with van der Waals surface area (Å²) in [5.74, 6) is 0.127. The van der Waals surface area contributed by atoms with Crippen molar-refractivity contribution in [2.75, 3.05) is 12.3 Å². The summed E-state index contributed by atoms with van der Waals surface area (Å²) in [6, 6.07) is 0. The van der Waals surface area contributed by atoms with Gasteiger partial charge in [0.15, 0.2) is 0 Å². The van der Waals surface area contributed by atoms with Crippen molar-refractivity contribution in [2.45, 2.75) is 53.0 Å². The molecular formula is C11H26N2O2S. The Hall–Kier alpha value is -0.130. The van der Waals surface area contributed by atoms with E-state index in [1.54, 1.807) is 0 Å². The maximum atomic E-state index is 12.0. The van der Waals surface area contributed by atoms with Crippen LogP contribution < -0.4 is 10.5 Å². The molecule has 0 aliphatic rings. The van der Waals surface area contributed by atoms with Crippen LogP contribution >= 0.6 is 0 Å². The third-order valence-electron chi connectivity index (χ3n) is 2.74. The lowest BCUT2D eigenvalue weighted by molar-refractivity contribution is 0.358. The zero-order valence-corrected chi connectivity index (χ0v) is 11.9. The Morgan fingerprint density at radius 3 is 1.81 bits per heavy atom. The van der Waals surface area contributed by atoms with Gasteiger partial charge in [-0.1, -0.05) is 34.6 Å². The maximum Gasteiger partial charge on any atom is 0.212 e. The van der Waals surface area contributed by atoms with Crippen molar-refractivity contribution in [3.63, 3.8) is 0 Å². The Labute approximate surface area is 100 Å². The molecule has 0 spiro atoms. The van der Waals surface area contributed by atoms with E-state index in [-0.39, 0.29) is 11.2 Å². The molecule has 16 heavy (non-hydrogen) atoms. The molecule has 5 heteroatoms. The molecule has 0 aromatic heterocycles. The van der Waals surface area contributed by atoms with E-state index in [4.69, 9.17) is 5.73 Å². The average Bonchev–Trinajstić information content (AvgIpc) is 2.10. The molecule has 0 aliphatic heterocycles. The molecule has 0 rings (SSSR count). The molecule has 0 fully saturated rings. The van der Waals surface area contributed by atoms with E-state index in [0.29, 0.717) is 19.4 Å². The molecule has 0 aromatic carbocycles. The topological polar surface area (TPSA) is 72.2 Å². The van der Waals surface area contributed by atoms with Gasteiger partial charge < -0.3 is 5.73 Å². The molecule has 0 atom stereocenters. The Morgan fingerprint density at radius 1 is 1.12 bits per heavy atom. The first kappa shape index (κ1) is 15.9. The number of sulfonamides is 1. The van der Waals surface area contributed by atoms with Gasteiger partial charge >= 0.3 is 0 Å². The van der Waals surface area contributed by atoms with Crippen LogP contribution in [0, 0.1) is 5.41 Å². The zero-order valence-electron chi connectivity index (χ0n) is 11.1. The summed E-state index contributed by atoms with van der Waals surface area (Å²) in [6.07, 6.45) is 1.42. The Kier molecular flexibility index (Phi) is 5.42. The number of hydrogen-bond acceptors (Lipinski definition) is 3. The molecule has 3 N–H and O–H groups in total. The van der Waals surface area contributed by atoms with Crippen LogP contribution in [0.3, 0.4) is 0 Å². The third kappa shape index (κ3) is 5.27. The summed E-state index contributed by atoms with van der Waals surface area (Å²) in [7, 11) is -3.26. The number of nitrogens with one attached hydrogen (secondary N) is 1. The van der Waals surface area contributed by atoms with Crippen LogP contribution in [0.15, 0.2) is 0 Å². The standard InChI is InChI=1S/C11H26N2O2S/c1-6-11(7-2,8-12)13-16(14,15)9-10(3,4)5/h13H,6-9,12H2,1-5H3. The summed E-state index contributed by atoms with van der Waals surface area (Å²) in [5.41, 5.74) is 4.95. The number of rotatable bonds is 6. The second kappa shape index (κ2) is 5.47. The Bertz CT molecular complexity index is 292. The third-order valence-corrected chi connectivity index (χ3v) is 4.73. The van der Waals surface area contributed by atoms with E-state index in [1.807, 2.05) is 34.6 Å². The van der Waals surface area contributed by atoms with Gasteiger partial charge in [-0.05, 0) is 18.3 Å². The molecule has 98 valence electrons. The van der Waals surface area contributed by atoms with Gasteiger partial charge in [0.1, 0.15) is 0 Å². The fourth-order valence-corrected chi connectivity index (χ4v) is 3.90. The SMILES string of the molecule is CCC(CC)(CN)NS(=O)(=O)CC(C)(C)C. The molecule has 0 aromatic rings. The highest BCUT2D eigenvalue weighted by Gasteiger charge is 2.32. The normalized spacial score (nSPS) is 14.1. The first-order chi connectivity index (χ1) is 7.10. The molecule has 0 aliphatic carbocycles. The highest BCUT2D eigenvalue weighted by Crippen LogP contribution is 2.19. The Balaban J connectivity index is 4.81. The van der Waals surface area contributed by atoms with E-state index in [1.165, 1.54) is 0 Å². The second-order valence-electron chi connectivity index (χ2n) is 5.61. The van der Waals surface area contributed by atoms with Gasteiger partial charge in [0, 0.05) is 12.1 Å². The number of hydrogen-bond donors (Lipinski definition) is 2. The molecule has 0 unspecified atom stereocenters.